The Morgan fingerprint density at radius 1 is 0.941 bits per heavy atom. The summed E-state index contributed by atoms with van der Waals surface area (Å²) in [6, 6.07) is 12.0. The second kappa shape index (κ2) is 11.3. The van der Waals surface area contributed by atoms with Crippen molar-refractivity contribution in [1.82, 2.24) is 14.5 Å². The average molecular weight is 490 g/mol. The minimum atomic E-state index is -3.79. The van der Waals surface area contributed by atoms with Crippen molar-refractivity contribution in [2.24, 2.45) is 0 Å². The Bertz CT molecular complexity index is 1120. The first kappa shape index (κ1) is 25.5. The molecular weight excluding hydrogens is 458 g/mol. The number of hydrogen-bond donors (Lipinski definition) is 1. The van der Waals surface area contributed by atoms with Crippen LogP contribution < -0.4 is 14.2 Å². The molecule has 1 aliphatic heterocycles. The van der Waals surface area contributed by atoms with Crippen LogP contribution in [0.5, 0.6) is 11.5 Å². The van der Waals surface area contributed by atoms with E-state index in [1.54, 1.807) is 23.0 Å². The lowest BCUT2D eigenvalue weighted by molar-refractivity contribution is -0.131. The summed E-state index contributed by atoms with van der Waals surface area (Å²) in [5.74, 6) is 0.718. The maximum atomic E-state index is 13.1. The second-order valence-electron chi connectivity index (χ2n) is 7.95. The second-order valence-corrected chi connectivity index (χ2v) is 9.80. The Morgan fingerprint density at radius 2 is 1.62 bits per heavy atom. The van der Waals surface area contributed by atoms with Crippen molar-refractivity contribution in [1.29, 1.82) is 0 Å². The third-order valence-electron chi connectivity index (χ3n) is 5.89. The van der Waals surface area contributed by atoms with E-state index in [1.807, 2.05) is 24.3 Å². The van der Waals surface area contributed by atoms with Gasteiger partial charge in [0.05, 0.1) is 14.2 Å². The van der Waals surface area contributed by atoms with Crippen LogP contribution in [-0.4, -0.2) is 77.5 Å². The van der Waals surface area contributed by atoms with Crippen molar-refractivity contribution in [3.63, 3.8) is 0 Å². The van der Waals surface area contributed by atoms with E-state index in [0.717, 1.165) is 11.3 Å². The Labute approximate surface area is 200 Å². The lowest BCUT2D eigenvalue weighted by Crippen LogP contribution is -2.37. The van der Waals surface area contributed by atoms with Crippen LogP contribution in [0, 0.1) is 0 Å². The number of rotatable bonds is 8. The van der Waals surface area contributed by atoms with Crippen LogP contribution >= 0.6 is 0 Å². The number of nitrogens with one attached hydrogen (secondary N) is 1. The van der Waals surface area contributed by atoms with Crippen molar-refractivity contribution in [3.8, 4) is 11.5 Å². The third-order valence-corrected chi connectivity index (χ3v) is 7.33. The zero-order valence-corrected chi connectivity index (χ0v) is 20.6. The first-order chi connectivity index (χ1) is 16.3. The largest absolute Gasteiger partial charge is 0.497 e. The molecule has 0 unspecified atom stereocenters. The number of nitrogens with zero attached hydrogens (tertiary/aromatic N) is 2. The monoisotopic (exact) mass is 489 g/mol. The van der Waals surface area contributed by atoms with Gasteiger partial charge in [0.2, 0.25) is 15.9 Å². The quantitative estimate of drug-likeness (QED) is 0.608. The topological polar surface area (TPSA) is 105 Å². The van der Waals surface area contributed by atoms with Crippen LogP contribution in [0.25, 0.3) is 0 Å². The van der Waals surface area contributed by atoms with Gasteiger partial charge in [-0.15, -0.1) is 0 Å². The van der Waals surface area contributed by atoms with Gasteiger partial charge in [0.25, 0.3) is 5.91 Å². The van der Waals surface area contributed by atoms with Gasteiger partial charge in [-0.25, -0.2) is 13.1 Å². The predicted octanol–water partition coefficient (Wildman–Crippen LogP) is 1.92. The minimum absolute atomic E-state index is 0.0527. The molecule has 1 N–H and O–H groups in total. The smallest absolute Gasteiger partial charge is 0.253 e. The summed E-state index contributed by atoms with van der Waals surface area (Å²) in [4.78, 5) is 29.2. The molecule has 3 rings (SSSR count). The van der Waals surface area contributed by atoms with Crippen LogP contribution in [0.1, 0.15) is 28.8 Å². The first-order valence-corrected chi connectivity index (χ1v) is 12.6. The van der Waals surface area contributed by atoms with E-state index in [0.29, 0.717) is 45.4 Å². The van der Waals surface area contributed by atoms with Gasteiger partial charge in [0.15, 0.2) is 0 Å². The number of amides is 2. The maximum absolute atomic E-state index is 13.1. The van der Waals surface area contributed by atoms with Crippen molar-refractivity contribution in [2.45, 2.75) is 24.2 Å². The molecule has 34 heavy (non-hydrogen) atoms. The van der Waals surface area contributed by atoms with Crippen molar-refractivity contribution < 1.29 is 27.5 Å². The number of carbonyl (C=O) groups excluding carboxylic acids is 2. The number of ether oxygens (including phenoxy) is 2. The summed E-state index contributed by atoms with van der Waals surface area (Å²) in [5, 5.41) is 0. The molecule has 0 spiro atoms. The van der Waals surface area contributed by atoms with Crippen LogP contribution in [0.3, 0.4) is 0 Å². The molecule has 1 fully saturated rings. The Kier molecular flexibility index (Phi) is 8.51. The van der Waals surface area contributed by atoms with Gasteiger partial charge in [-0.1, -0.05) is 12.1 Å². The van der Waals surface area contributed by atoms with E-state index in [9.17, 15) is 18.0 Å². The molecule has 0 saturated carbocycles. The highest BCUT2D eigenvalue weighted by Crippen LogP contribution is 2.25. The molecule has 184 valence electrons. The normalized spacial score (nSPS) is 14.4. The van der Waals surface area contributed by atoms with Crippen molar-refractivity contribution >= 4 is 21.8 Å². The van der Waals surface area contributed by atoms with Crippen LogP contribution in [0.15, 0.2) is 47.4 Å². The van der Waals surface area contributed by atoms with E-state index in [2.05, 4.69) is 4.72 Å². The Morgan fingerprint density at radius 3 is 2.26 bits per heavy atom. The van der Waals surface area contributed by atoms with Gasteiger partial charge in [-0.2, -0.15) is 0 Å². The molecule has 1 heterocycles. The molecule has 9 nitrogen and oxygen atoms in total. The van der Waals surface area contributed by atoms with Gasteiger partial charge < -0.3 is 19.3 Å². The van der Waals surface area contributed by atoms with Crippen LogP contribution in [0.4, 0.5) is 0 Å². The van der Waals surface area contributed by atoms with Gasteiger partial charge in [-0.3, -0.25) is 9.59 Å². The van der Waals surface area contributed by atoms with E-state index >= 15 is 0 Å². The highest BCUT2D eigenvalue weighted by atomic mass is 32.2. The highest BCUT2D eigenvalue weighted by Gasteiger charge is 2.25. The van der Waals surface area contributed by atoms with E-state index < -0.39 is 10.0 Å². The van der Waals surface area contributed by atoms with Gasteiger partial charge in [-0.05, 0) is 55.8 Å². The minimum Gasteiger partial charge on any atom is -0.497 e. The highest BCUT2D eigenvalue weighted by molar-refractivity contribution is 7.89. The molecule has 0 atom stereocenters. The van der Waals surface area contributed by atoms with Crippen molar-refractivity contribution in [2.75, 3.05) is 47.4 Å². The molecule has 2 aromatic carbocycles. The molecule has 0 aliphatic carbocycles. The standard InChI is InChI=1S/C24H31N3O6S/c1-25-34(30,31)22-17-19(8-11-21(22)33-3)24(29)27-14-4-13-26(15-16-27)23(28)12-7-18-5-9-20(32-2)10-6-18/h5-6,8-11,17,25H,4,7,12-16H2,1-3H3. The summed E-state index contributed by atoms with van der Waals surface area (Å²) in [6.07, 6.45) is 1.68. The number of benzene rings is 2. The fourth-order valence-corrected chi connectivity index (χ4v) is 4.80. The zero-order valence-electron chi connectivity index (χ0n) is 19.7. The number of aryl methyl sites for hydroxylation is 1. The summed E-state index contributed by atoms with van der Waals surface area (Å²) >= 11 is 0. The third kappa shape index (κ3) is 6.06. The number of methoxy groups -OCH3 is 2. The average Bonchev–Trinajstić information content (AvgIpc) is 3.13. The van der Waals surface area contributed by atoms with Crippen LogP contribution in [0.2, 0.25) is 0 Å². The lowest BCUT2D eigenvalue weighted by atomic mass is 10.1. The molecule has 0 bridgehead atoms. The Hall–Kier alpha value is -3.11. The summed E-state index contributed by atoms with van der Waals surface area (Å²) in [5.41, 5.74) is 1.32. The summed E-state index contributed by atoms with van der Waals surface area (Å²) in [6.45, 7) is 1.88. The molecule has 0 radical (unpaired) electrons. The SMILES string of the molecule is CNS(=O)(=O)c1cc(C(=O)N2CCCN(C(=O)CCc3ccc(OC)cc3)CC2)ccc1OC. The Balaban J connectivity index is 1.62. The van der Waals surface area contributed by atoms with E-state index in [-0.39, 0.29) is 28.0 Å². The summed E-state index contributed by atoms with van der Waals surface area (Å²) < 4.78 is 37.2. The van der Waals surface area contributed by atoms with Gasteiger partial charge in [0.1, 0.15) is 16.4 Å². The molecule has 0 aromatic heterocycles. The molecule has 1 aliphatic rings. The van der Waals surface area contributed by atoms with Crippen LogP contribution in [-0.2, 0) is 21.2 Å². The van der Waals surface area contributed by atoms with E-state index in [4.69, 9.17) is 9.47 Å². The van der Waals surface area contributed by atoms with Gasteiger partial charge >= 0.3 is 0 Å². The molecule has 2 amide bonds. The number of carbonyl (C=O) groups is 2. The first-order valence-electron chi connectivity index (χ1n) is 11.1. The number of sulfonamides is 1. The molecule has 2 aromatic rings. The predicted molar refractivity (Wildman–Crippen MR) is 128 cm³/mol. The van der Waals surface area contributed by atoms with Crippen molar-refractivity contribution in [3.05, 3.63) is 53.6 Å². The summed E-state index contributed by atoms with van der Waals surface area (Å²) in [7, 11) is 0.500. The zero-order chi connectivity index (χ0) is 24.7. The lowest BCUT2D eigenvalue weighted by Gasteiger charge is -2.23. The number of hydrogen-bond acceptors (Lipinski definition) is 6. The fraction of sp³-hybridized carbons (Fsp3) is 0.417. The fourth-order valence-electron chi connectivity index (χ4n) is 3.88. The molecule has 10 heteroatoms. The maximum Gasteiger partial charge on any atom is 0.253 e. The van der Waals surface area contributed by atoms with Gasteiger partial charge in [0, 0.05) is 38.2 Å². The molecular formula is C24H31N3O6S. The van der Waals surface area contributed by atoms with E-state index in [1.165, 1.54) is 26.3 Å². The molecule has 1 saturated heterocycles.